The minimum absolute atomic E-state index is 0.00336. The maximum atomic E-state index is 11.9. The molecule has 0 radical (unpaired) electrons. The lowest BCUT2D eigenvalue weighted by Crippen LogP contribution is -2.20. The lowest BCUT2D eigenvalue weighted by atomic mass is 10.3. The van der Waals surface area contributed by atoms with Crippen LogP contribution in [0.5, 0.6) is 0 Å². The Kier molecular flexibility index (Phi) is 4.24. The fraction of sp³-hybridized carbons (Fsp3) is 0.154. The van der Waals surface area contributed by atoms with Crippen molar-refractivity contribution in [2.45, 2.75) is 11.1 Å². The number of aryl methyl sites for hydroxylation is 1. The Morgan fingerprint density at radius 1 is 1.50 bits per heavy atom. The van der Waals surface area contributed by atoms with Gasteiger partial charge in [0.1, 0.15) is 16.3 Å². The van der Waals surface area contributed by atoms with Gasteiger partial charge in [-0.25, -0.2) is 4.79 Å². The van der Waals surface area contributed by atoms with E-state index in [-0.39, 0.29) is 33.3 Å². The Balaban J connectivity index is 1.81. The van der Waals surface area contributed by atoms with Crippen LogP contribution in [0.2, 0.25) is 0 Å². The van der Waals surface area contributed by atoms with E-state index >= 15 is 0 Å². The largest absolute Gasteiger partial charge is 0.338 e. The Hall–Kier alpha value is -2.84. The van der Waals surface area contributed by atoms with Gasteiger partial charge in [0, 0.05) is 6.07 Å². The molecule has 0 aliphatic rings. The molecule has 11 heteroatoms. The molecule has 0 aromatic carbocycles. The van der Waals surface area contributed by atoms with E-state index in [0.29, 0.717) is 9.90 Å². The number of nitrogens with one attached hydrogen (secondary N) is 3. The summed E-state index contributed by atoms with van der Waals surface area (Å²) in [6.45, 7) is 1.72. The molecule has 3 aromatic heterocycles. The predicted molar refractivity (Wildman–Crippen MR) is 88.4 cm³/mol. The van der Waals surface area contributed by atoms with Gasteiger partial charge in [-0.05, 0) is 6.92 Å². The van der Waals surface area contributed by atoms with Gasteiger partial charge >= 0.3 is 5.69 Å². The summed E-state index contributed by atoms with van der Waals surface area (Å²) in [5, 5.41) is 15.5. The number of aromatic amines is 2. The van der Waals surface area contributed by atoms with Crippen molar-refractivity contribution in [3.05, 3.63) is 38.2 Å². The van der Waals surface area contributed by atoms with Crippen LogP contribution < -0.4 is 16.6 Å². The molecule has 0 fully saturated rings. The van der Waals surface area contributed by atoms with Crippen molar-refractivity contribution in [2.24, 2.45) is 0 Å². The zero-order valence-electron chi connectivity index (χ0n) is 12.1. The molecule has 3 aromatic rings. The quantitative estimate of drug-likeness (QED) is 0.590. The smallest absolute Gasteiger partial charge is 0.326 e. The lowest BCUT2D eigenvalue weighted by molar-refractivity contribution is -0.113. The highest BCUT2D eigenvalue weighted by molar-refractivity contribution is 8.02. The maximum absolute atomic E-state index is 11.9. The Labute approximate surface area is 141 Å². The number of amides is 1. The van der Waals surface area contributed by atoms with Gasteiger partial charge in [-0.3, -0.25) is 19.9 Å². The van der Waals surface area contributed by atoms with Gasteiger partial charge in [0.15, 0.2) is 0 Å². The molecule has 9 nitrogen and oxygen atoms in total. The second-order valence-corrected chi connectivity index (χ2v) is 6.92. The van der Waals surface area contributed by atoms with Crippen LogP contribution in [0.3, 0.4) is 0 Å². The first-order chi connectivity index (χ1) is 11.5. The van der Waals surface area contributed by atoms with E-state index in [2.05, 4.69) is 20.4 Å². The molecule has 0 unspecified atom stereocenters. The van der Waals surface area contributed by atoms with Crippen LogP contribution in [0.25, 0.3) is 10.2 Å². The number of thioether (sulfide) groups is 1. The number of nitrogens with zero attached hydrogens (tertiary/aromatic N) is 2. The van der Waals surface area contributed by atoms with Crippen molar-refractivity contribution in [1.29, 1.82) is 5.26 Å². The highest BCUT2D eigenvalue weighted by atomic mass is 32.2. The molecule has 3 heterocycles. The van der Waals surface area contributed by atoms with Gasteiger partial charge in [-0.15, -0.1) is 23.1 Å². The van der Waals surface area contributed by atoms with E-state index in [0.717, 1.165) is 23.1 Å². The zero-order chi connectivity index (χ0) is 17.3. The number of rotatable bonds is 4. The first kappa shape index (κ1) is 16.0. The van der Waals surface area contributed by atoms with Gasteiger partial charge in [0.25, 0.3) is 5.56 Å². The summed E-state index contributed by atoms with van der Waals surface area (Å²) in [4.78, 5) is 39.6. The summed E-state index contributed by atoms with van der Waals surface area (Å²) in [7, 11) is 0. The van der Waals surface area contributed by atoms with E-state index in [4.69, 9.17) is 4.52 Å². The second kappa shape index (κ2) is 6.34. The van der Waals surface area contributed by atoms with Crippen molar-refractivity contribution in [3.63, 3.8) is 0 Å². The number of anilines is 1. The van der Waals surface area contributed by atoms with Crippen LogP contribution in [0, 0.1) is 18.3 Å². The van der Waals surface area contributed by atoms with Crippen molar-refractivity contribution in [3.8, 4) is 6.07 Å². The summed E-state index contributed by atoms with van der Waals surface area (Å²) in [5.74, 6) is -0.112. The number of carbonyl (C=O) groups is 1. The van der Waals surface area contributed by atoms with E-state index in [1.807, 2.05) is 6.07 Å². The molecular formula is C13H9N5O4S2. The number of H-pyrrole nitrogens is 2. The Morgan fingerprint density at radius 2 is 2.29 bits per heavy atom. The van der Waals surface area contributed by atoms with Crippen LogP contribution in [0.4, 0.5) is 5.88 Å². The molecule has 0 spiro atoms. The molecule has 0 aliphatic heterocycles. The third-order valence-electron chi connectivity index (χ3n) is 2.88. The fourth-order valence-electron chi connectivity index (χ4n) is 1.92. The molecule has 0 atom stereocenters. The molecule has 0 aliphatic carbocycles. The highest BCUT2D eigenvalue weighted by Crippen LogP contribution is 2.34. The SMILES string of the molecule is Cc1cc(NC(=O)CSc2sc3c(=O)[nH]c(=O)[nH]c3c2C#N)on1. The number of hydrogen-bond acceptors (Lipinski definition) is 8. The molecule has 3 rings (SSSR count). The Bertz CT molecular complexity index is 1080. The molecule has 0 saturated heterocycles. The average Bonchev–Trinajstić information content (AvgIpc) is 3.08. The Morgan fingerprint density at radius 3 is 2.96 bits per heavy atom. The summed E-state index contributed by atoms with van der Waals surface area (Å²) < 4.78 is 5.59. The van der Waals surface area contributed by atoms with Crippen molar-refractivity contribution >= 4 is 45.1 Å². The number of aromatic nitrogens is 3. The highest BCUT2D eigenvalue weighted by Gasteiger charge is 2.17. The molecule has 122 valence electrons. The molecule has 24 heavy (non-hydrogen) atoms. The normalized spacial score (nSPS) is 10.7. The minimum atomic E-state index is -0.684. The van der Waals surface area contributed by atoms with E-state index in [1.165, 1.54) is 0 Å². The minimum Gasteiger partial charge on any atom is -0.338 e. The summed E-state index contributed by atoms with van der Waals surface area (Å²) in [6.07, 6.45) is 0. The first-order valence-electron chi connectivity index (χ1n) is 6.53. The molecule has 0 saturated carbocycles. The predicted octanol–water partition coefficient (Wildman–Crippen LogP) is 1.18. The number of hydrogen-bond donors (Lipinski definition) is 3. The average molecular weight is 363 g/mol. The van der Waals surface area contributed by atoms with Gasteiger partial charge < -0.3 is 9.51 Å². The third kappa shape index (κ3) is 3.10. The topological polar surface area (TPSA) is 145 Å². The number of fused-ring (bicyclic) bond motifs is 1. The van der Waals surface area contributed by atoms with E-state index in [9.17, 15) is 19.6 Å². The van der Waals surface area contributed by atoms with E-state index in [1.54, 1.807) is 13.0 Å². The lowest BCUT2D eigenvalue weighted by Gasteiger charge is -2.00. The monoisotopic (exact) mass is 363 g/mol. The molecule has 1 amide bonds. The summed E-state index contributed by atoms with van der Waals surface area (Å²) >= 11 is 2.14. The standard InChI is InChI=1S/C13H9N5O4S2/c1-5-2-8(22-18-5)15-7(19)4-23-12-6(3-14)9-10(24-12)11(20)17-13(21)16-9/h2H,4H2,1H3,(H,15,19)(H2,16,17,20,21). The zero-order valence-corrected chi connectivity index (χ0v) is 13.8. The van der Waals surface area contributed by atoms with E-state index < -0.39 is 11.2 Å². The fourth-order valence-corrected chi connectivity index (χ4v) is 4.05. The number of nitriles is 1. The van der Waals surface area contributed by atoms with Crippen LogP contribution in [-0.4, -0.2) is 26.8 Å². The second-order valence-electron chi connectivity index (χ2n) is 4.66. The van der Waals surface area contributed by atoms with Crippen LogP contribution in [-0.2, 0) is 4.79 Å². The maximum Gasteiger partial charge on any atom is 0.326 e. The van der Waals surface area contributed by atoms with Crippen LogP contribution >= 0.6 is 23.1 Å². The van der Waals surface area contributed by atoms with Gasteiger partial charge in [0.05, 0.1) is 21.2 Å². The number of carbonyl (C=O) groups excluding carboxylic acids is 1. The van der Waals surface area contributed by atoms with Crippen molar-refractivity contribution < 1.29 is 9.32 Å². The van der Waals surface area contributed by atoms with Gasteiger partial charge in [-0.2, -0.15) is 5.26 Å². The van der Waals surface area contributed by atoms with Crippen molar-refractivity contribution in [1.82, 2.24) is 15.1 Å². The van der Waals surface area contributed by atoms with Crippen LogP contribution in [0.15, 0.2) is 24.4 Å². The molecular weight excluding hydrogens is 354 g/mol. The van der Waals surface area contributed by atoms with Crippen LogP contribution in [0.1, 0.15) is 11.3 Å². The molecule has 0 bridgehead atoms. The summed E-state index contributed by atoms with van der Waals surface area (Å²) in [6, 6.07) is 3.53. The first-order valence-corrected chi connectivity index (χ1v) is 8.33. The summed E-state index contributed by atoms with van der Waals surface area (Å²) in [5.41, 5.74) is -0.255. The molecule has 3 N–H and O–H groups in total. The third-order valence-corrected chi connectivity index (χ3v) is 5.34. The number of thiophene rings is 1. The van der Waals surface area contributed by atoms with Gasteiger partial charge in [-0.1, -0.05) is 5.16 Å². The van der Waals surface area contributed by atoms with Gasteiger partial charge in [0.2, 0.25) is 11.8 Å². The van der Waals surface area contributed by atoms with Crippen molar-refractivity contribution in [2.75, 3.05) is 11.1 Å².